The molecule has 0 aliphatic heterocycles. The predicted octanol–water partition coefficient (Wildman–Crippen LogP) is 1.34. The number of carbonyl (C=O) groups is 1. The first-order chi connectivity index (χ1) is 6.70. The Bertz CT molecular complexity index is 320. The van der Waals surface area contributed by atoms with Crippen molar-refractivity contribution in [3.8, 4) is 0 Å². The van der Waals surface area contributed by atoms with Crippen LogP contribution in [0.1, 0.15) is 42.9 Å². The molecule has 1 N–H and O–H groups in total. The van der Waals surface area contributed by atoms with Crippen molar-refractivity contribution in [3.63, 3.8) is 0 Å². The molecule has 1 heterocycles. The average Bonchev–Trinajstić information content (AvgIpc) is 2.57. The highest BCUT2D eigenvalue weighted by Gasteiger charge is 2.16. The fourth-order valence-electron chi connectivity index (χ4n) is 1.34. The first kappa shape index (κ1) is 10.7. The van der Waals surface area contributed by atoms with E-state index in [2.05, 4.69) is 17.2 Å². The molecule has 0 aliphatic rings. The molecule has 0 bridgehead atoms. The van der Waals surface area contributed by atoms with Crippen LogP contribution in [-0.4, -0.2) is 26.1 Å². The zero-order chi connectivity index (χ0) is 10.6. The van der Waals surface area contributed by atoms with Gasteiger partial charge in [0.2, 0.25) is 0 Å². The lowest BCUT2D eigenvalue weighted by molar-refractivity contribution is 0.0689. The van der Waals surface area contributed by atoms with Crippen LogP contribution in [0, 0.1) is 0 Å². The fraction of sp³-hybridized carbons (Fsp3) is 0.667. The van der Waals surface area contributed by atoms with E-state index in [0.29, 0.717) is 12.1 Å². The second-order valence-electron chi connectivity index (χ2n) is 3.12. The Morgan fingerprint density at radius 2 is 2.21 bits per heavy atom. The summed E-state index contributed by atoms with van der Waals surface area (Å²) in [7, 11) is 0. The average molecular weight is 197 g/mol. The molecule has 0 atom stereocenters. The number of nitrogens with zero attached hydrogens (tertiary/aromatic N) is 3. The van der Waals surface area contributed by atoms with Crippen molar-refractivity contribution in [3.05, 3.63) is 11.4 Å². The van der Waals surface area contributed by atoms with Crippen LogP contribution in [0.4, 0.5) is 0 Å². The summed E-state index contributed by atoms with van der Waals surface area (Å²) in [6, 6.07) is 0. The molecular weight excluding hydrogens is 182 g/mol. The lowest BCUT2D eigenvalue weighted by Crippen LogP contribution is -2.07. The van der Waals surface area contributed by atoms with Crippen molar-refractivity contribution < 1.29 is 9.90 Å². The van der Waals surface area contributed by atoms with E-state index in [1.165, 1.54) is 0 Å². The summed E-state index contributed by atoms with van der Waals surface area (Å²) in [5.74, 6) is -0.996. The Balaban J connectivity index is 2.89. The molecule has 0 aromatic carbocycles. The summed E-state index contributed by atoms with van der Waals surface area (Å²) < 4.78 is 1.69. The Morgan fingerprint density at radius 3 is 2.71 bits per heavy atom. The Labute approximate surface area is 82.7 Å². The van der Waals surface area contributed by atoms with Gasteiger partial charge in [-0.05, 0) is 12.8 Å². The van der Waals surface area contributed by atoms with Crippen molar-refractivity contribution in [1.82, 2.24) is 15.0 Å². The van der Waals surface area contributed by atoms with Gasteiger partial charge < -0.3 is 5.11 Å². The van der Waals surface area contributed by atoms with Gasteiger partial charge in [0.25, 0.3) is 0 Å². The van der Waals surface area contributed by atoms with E-state index in [4.69, 9.17) is 5.11 Å². The lowest BCUT2D eigenvalue weighted by atomic mass is 10.2. The normalized spacial score (nSPS) is 10.4. The number of hydrogen-bond donors (Lipinski definition) is 1. The van der Waals surface area contributed by atoms with Crippen LogP contribution in [0.5, 0.6) is 0 Å². The molecule has 0 unspecified atom stereocenters. The van der Waals surface area contributed by atoms with Crippen LogP contribution < -0.4 is 0 Å². The molecule has 1 aromatic heterocycles. The number of carboxylic acid groups (broad SMARTS) is 1. The predicted molar refractivity (Wildman–Crippen MR) is 51.3 cm³/mol. The minimum Gasteiger partial charge on any atom is -0.476 e. The van der Waals surface area contributed by atoms with E-state index in [1.807, 2.05) is 6.92 Å². The molecule has 0 spiro atoms. The molecule has 1 aromatic rings. The molecule has 14 heavy (non-hydrogen) atoms. The largest absolute Gasteiger partial charge is 0.476 e. The van der Waals surface area contributed by atoms with Gasteiger partial charge in [0.05, 0.1) is 5.69 Å². The standard InChI is InChI=1S/C9H15N3O2/c1-3-5-6-12-7(4-2)8(9(13)14)10-11-12/h3-6H2,1-2H3,(H,13,14). The van der Waals surface area contributed by atoms with Gasteiger partial charge in [-0.2, -0.15) is 0 Å². The van der Waals surface area contributed by atoms with Crippen LogP contribution in [0.15, 0.2) is 0 Å². The molecule has 0 aliphatic carbocycles. The fourth-order valence-corrected chi connectivity index (χ4v) is 1.34. The van der Waals surface area contributed by atoms with Gasteiger partial charge in [-0.1, -0.05) is 25.5 Å². The van der Waals surface area contributed by atoms with Gasteiger partial charge in [-0.15, -0.1) is 5.10 Å². The van der Waals surface area contributed by atoms with Gasteiger partial charge >= 0.3 is 5.97 Å². The van der Waals surface area contributed by atoms with Crippen LogP contribution >= 0.6 is 0 Å². The van der Waals surface area contributed by atoms with Gasteiger partial charge in [0.15, 0.2) is 5.69 Å². The maximum Gasteiger partial charge on any atom is 0.358 e. The third kappa shape index (κ3) is 2.10. The lowest BCUT2D eigenvalue weighted by Gasteiger charge is -2.02. The summed E-state index contributed by atoms with van der Waals surface area (Å²) >= 11 is 0. The zero-order valence-electron chi connectivity index (χ0n) is 8.53. The molecule has 0 saturated heterocycles. The second-order valence-corrected chi connectivity index (χ2v) is 3.12. The number of aryl methyl sites for hydroxylation is 1. The van der Waals surface area contributed by atoms with E-state index < -0.39 is 5.97 Å². The van der Waals surface area contributed by atoms with Crippen molar-refractivity contribution in [2.75, 3.05) is 0 Å². The number of aromatic carboxylic acids is 1. The van der Waals surface area contributed by atoms with Crippen molar-refractivity contribution in [2.45, 2.75) is 39.7 Å². The third-order valence-corrected chi connectivity index (χ3v) is 2.10. The number of unbranched alkanes of at least 4 members (excludes halogenated alkanes) is 1. The van der Waals surface area contributed by atoms with Gasteiger partial charge in [-0.25, -0.2) is 9.48 Å². The smallest absolute Gasteiger partial charge is 0.358 e. The summed E-state index contributed by atoms with van der Waals surface area (Å²) in [5.41, 5.74) is 0.801. The number of rotatable bonds is 5. The van der Waals surface area contributed by atoms with Crippen LogP contribution in [-0.2, 0) is 13.0 Å². The Morgan fingerprint density at radius 1 is 1.50 bits per heavy atom. The van der Waals surface area contributed by atoms with Crippen LogP contribution in [0.2, 0.25) is 0 Å². The minimum absolute atomic E-state index is 0.0867. The quantitative estimate of drug-likeness (QED) is 0.773. The molecule has 78 valence electrons. The van der Waals surface area contributed by atoms with Crippen molar-refractivity contribution in [1.29, 1.82) is 0 Å². The highest BCUT2D eigenvalue weighted by Crippen LogP contribution is 2.07. The second kappa shape index (κ2) is 4.74. The molecule has 5 nitrogen and oxygen atoms in total. The van der Waals surface area contributed by atoms with E-state index in [0.717, 1.165) is 19.4 Å². The topological polar surface area (TPSA) is 68.0 Å². The van der Waals surface area contributed by atoms with E-state index in [1.54, 1.807) is 4.68 Å². The van der Waals surface area contributed by atoms with Crippen molar-refractivity contribution >= 4 is 5.97 Å². The molecule has 5 heteroatoms. The monoisotopic (exact) mass is 197 g/mol. The molecule has 1 rings (SSSR count). The van der Waals surface area contributed by atoms with Crippen LogP contribution in [0.3, 0.4) is 0 Å². The van der Waals surface area contributed by atoms with Crippen molar-refractivity contribution in [2.24, 2.45) is 0 Å². The van der Waals surface area contributed by atoms with Gasteiger partial charge in [0.1, 0.15) is 0 Å². The van der Waals surface area contributed by atoms with E-state index >= 15 is 0 Å². The molecule has 0 radical (unpaired) electrons. The minimum atomic E-state index is -0.996. The first-order valence-corrected chi connectivity index (χ1v) is 4.86. The highest BCUT2D eigenvalue weighted by atomic mass is 16.4. The van der Waals surface area contributed by atoms with Gasteiger partial charge in [0, 0.05) is 6.54 Å². The Kier molecular flexibility index (Phi) is 3.62. The summed E-state index contributed by atoms with van der Waals surface area (Å²) in [4.78, 5) is 10.8. The number of hydrogen-bond acceptors (Lipinski definition) is 3. The van der Waals surface area contributed by atoms with E-state index in [9.17, 15) is 4.79 Å². The molecule has 0 fully saturated rings. The summed E-state index contributed by atoms with van der Waals surface area (Å²) in [6.07, 6.45) is 2.71. The highest BCUT2D eigenvalue weighted by molar-refractivity contribution is 5.86. The number of carboxylic acids is 1. The molecule has 0 saturated carbocycles. The maximum atomic E-state index is 10.8. The zero-order valence-corrected chi connectivity index (χ0v) is 8.53. The first-order valence-electron chi connectivity index (χ1n) is 4.86. The summed E-state index contributed by atoms with van der Waals surface area (Å²) in [6.45, 7) is 4.74. The maximum absolute atomic E-state index is 10.8. The Hall–Kier alpha value is -1.39. The van der Waals surface area contributed by atoms with Gasteiger partial charge in [-0.3, -0.25) is 0 Å². The molecule has 0 amide bonds. The SMILES string of the molecule is CCCCn1nnc(C(=O)O)c1CC. The van der Waals surface area contributed by atoms with Crippen LogP contribution in [0.25, 0.3) is 0 Å². The molecular formula is C9H15N3O2. The van der Waals surface area contributed by atoms with E-state index in [-0.39, 0.29) is 5.69 Å². The summed E-state index contributed by atoms with van der Waals surface area (Å²) in [5, 5.41) is 16.3. The third-order valence-electron chi connectivity index (χ3n) is 2.10. The number of aromatic nitrogens is 3.